The molecule has 0 saturated carbocycles. The lowest BCUT2D eigenvalue weighted by Crippen LogP contribution is -2.34. The molecule has 6 nitrogen and oxygen atoms in total. The van der Waals surface area contributed by atoms with Gasteiger partial charge in [0.2, 0.25) is 0 Å². The van der Waals surface area contributed by atoms with Crippen molar-refractivity contribution in [2.24, 2.45) is 5.73 Å². The van der Waals surface area contributed by atoms with Crippen LogP contribution in [0.4, 0.5) is 0 Å². The lowest BCUT2D eigenvalue weighted by atomic mass is 10.0. The Hall–Kier alpha value is -2.65. The molecule has 2 atom stereocenters. The Labute approximate surface area is 220 Å². The van der Waals surface area contributed by atoms with Crippen molar-refractivity contribution in [1.29, 1.82) is 0 Å². The van der Waals surface area contributed by atoms with Gasteiger partial charge in [0.25, 0.3) is 5.91 Å². The molecule has 0 aliphatic carbocycles. The predicted molar refractivity (Wildman–Crippen MR) is 145 cm³/mol. The van der Waals surface area contributed by atoms with Crippen molar-refractivity contribution in [2.45, 2.75) is 30.6 Å². The molecule has 1 amide bonds. The van der Waals surface area contributed by atoms with Gasteiger partial charge in [-0.1, -0.05) is 66.4 Å². The van der Waals surface area contributed by atoms with E-state index in [-0.39, 0.29) is 23.0 Å². The maximum atomic E-state index is 12.9. The highest BCUT2D eigenvalue weighted by atomic mass is 35.5. The number of nitrogens with zero attached hydrogens (tertiary/aromatic N) is 1. The van der Waals surface area contributed by atoms with Crippen LogP contribution < -0.4 is 5.73 Å². The summed E-state index contributed by atoms with van der Waals surface area (Å²) in [4.78, 5) is 27.0. The first-order valence-electron chi connectivity index (χ1n) is 11.0. The lowest BCUT2D eigenvalue weighted by molar-refractivity contribution is -0.144. The average Bonchev–Trinajstić information content (AvgIpc) is 3.41. The Morgan fingerprint density at radius 1 is 1.14 bits per heavy atom. The zero-order valence-electron chi connectivity index (χ0n) is 19.1. The van der Waals surface area contributed by atoms with E-state index < -0.39 is 12.0 Å². The Kier molecular flexibility index (Phi) is 9.51. The second-order valence-electron chi connectivity index (χ2n) is 7.83. The van der Waals surface area contributed by atoms with Crippen LogP contribution in [-0.4, -0.2) is 34.1 Å². The predicted octanol–water partition coefficient (Wildman–Crippen LogP) is 5.13. The zero-order valence-corrected chi connectivity index (χ0v) is 21.7. The van der Waals surface area contributed by atoms with E-state index in [1.165, 1.54) is 11.8 Å². The maximum absolute atomic E-state index is 12.9. The van der Waals surface area contributed by atoms with E-state index in [2.05, 4.69) is 12.6 Å². The topological polar surface area (TPSA) is 85.8 Å². The van der Waals surface area contributed by atoms with Gasteiger partial charge in [-0.15, -0.1) is 25.0 Å². The average molecular weight is 531 g/mol. The number of thioether (sulfide) groups is 1. The minimum atomic E-state index is -0.689. The van der Waals surface area contributed by atoms with Crippen LogP contribution in [0.2, 0.25) is 0 Å². The van der Waals surface area contributed by atoms with Crippen molar-refractivity contribution in [1.82, 2.24) is 4.90 Å². The summed E-state index contributed by atoms with van der Waals surface area (Å²) in [5.41, 5.74) is 8.79. The molecular weight excluding hydrogens is 504 g/mol. The van der Waals surface area contributed by atoms with Crippen molar-refractivity contribution in [3.8, 4) is 11.3 Å². The standard InChI is InChI=1S/C26H26N2O4S2.ClH/c1-2-31-25(30)21(27)14-17-8-10-19(11-9-17)22-13-12-20(32-22)15-23-24(29)28(26(33)34-23)16-18-6-4-3-5-7-18;/h3-13,15,21,26,33H,2,14,16,27H2,1H3;1H/b23-15-;/t21-,26-;/m1./s1. The van der Waals surface area contributed by atoms with Gasteiger partial charge >= 0.3 is 5.97 Å². The van der Waals surface area contributed by atoms with E-state index in [1.54, 1.807) is 17.9 Å². The van der Waals surface area contributed by atoms with E-state index in [0.717, 1.165) is 16.7 Å². The van der Waals surface area contributed by atoms with Gasteiger partial charge in [-0.25, -0.2) is 0 Å². The molecule has 2 aromatic carbocycles. The number of amides is 1. The van der Waals surface area contributed by atoms with Crippen molar-refractivity contribution in [3.63, 3.8) is 0 Å². The third kappa shape index (κ3) is 6.73. The second-order valence-corrected chi connectivity index (χ2v) is 9.79. The Morgan fingerprint density at radius 2 is 1.86 bits per heavy atom. The number of nitrogens with two attached hydrogens (primary N) is 1. The van der Waals surface area contributed by atoms with E-state index in [0.29, 0.717) is 36.0 Å². The van der Waals surface area contributed by atoms with Crippen molar-refractivity contribution in [2.75, 3.05) is 6.61 Å². The first-order chi connectivity index (χ1) is 16.4. The van der Waals surface area contributed by atoms with Crippen molar-refractivity contribution in [3.05, 3.63) is 88.5 Å². The van der Waals surface area contributed by atoms with E-state index in [1.807, 2.05) is 66.7 Å². The molecule has 1 saturated heterocycles. The number of esters is 1. The molecule has 0 radical (unpaired) electrons. The van der Waals surface area contributed by atoms with Gasteiger partial charge in [-0.2, -0.15) is 0 Å². The molecule has 1 aliphatic heterocycles. The largest absolute Gasteiger partial charge is 0.465 e. The molecule has 9 heteroatoms. The van der Waals surface area contributed by atoms with Crippen LogP contribution in [0.3, 0.4) is 0 Å². The number of rotatable bonds is 8. The molecule has 0 bridgehead atoms. The monoisotopic (exact) mass is 530 g/mol. The number of carbonyl (C=O) groups excluding carboxylic acids is 2. The normalized spacial score (nSPS) is 17.3. The molecule has 2 heterocycles. The van der Waals surface area contributed by atoms with Crippen LogP contribution in [-0.2, 0) is 27.3 Å². The van der Waals surface area contributed by atoms with Gasteiger partial charge in [0, 0.05) is 18.2 Å². The summed E-state index contributed by atoms with van der Waals surface area (Å²) in [6, 6.07) is 20.6. The summed E-state index contributed by atoms with van der Waals surface area (Å²) >= 11 is 5.99. The molecule has 35 heavy (non-hydrogen) atoms. The SMILES string of the molecule is CCOC(=O)[C@H](N)Cc1ccc(-c2ccc(/C=C3\S[C@@H](S)N(Cc4ccccc4)C3=O)o2)cc1.Cl. The smallest absolute Gasteiger partial charge is 0.323 e. The summed E-state index contributed by atoms with van der Waals surface area (Å²) in [5, 5.41) is 0. The first kappa shape index (κ1) is 26.9. The number of hydrogen-bond acceptors (Lipinski definition) is 7. The fourth-order valence-corrected chi connectivity index (χ4v) is 5.06. The van der Waals surface area contributed by atoms with Crippen LogP contribution in [0.25, 0.3) is 17.4 Å². The van der Waals surface area contributed by atoms with Crippen LogP contribution >= 0.6 is 36.8 Å². The molecule has 1 fully saturated rings. The molecule has 0 unspecified atom stereocenters. The number of halogens is 1. The second kappa shape index (κ2) is 12.4. The zero-order chi connectivity index (χ0) is 24.1. The third-order valence-electron chi connectivity index (χ3n) is 5.35. The van der Waals surface area contributed by atoms with E-state index in [4.69, 9.17) is 14.9 Å². The highest BCUT2D eigenvalue weighted by Crippen LogP contribution is 2.39. The maximum Gasteiger partial charge on any atom is 0.323 e. The Bertz CT molecular complexity index is 1180. The first-order valence-corrected chi connectivity index (χ1v) is 12.4. The lowest BCUT2D eigenvalue weighted by Gasteiger charge is -2.19. The van der Waals surface area contributed by atoms with Crippen molar-refractivity contribution >= 4 is 54.8 Å². The molecule has 1 aliphatic rings. The highest BCUT2D eigenvalue weighted by Gasteiger charge is 2.34. The number of hydrogen-bond donors (Lipinski definition) is 2. The number of carbonyl (C=O) groups is 2. The molecule has 0 spiro atoms. The van der Waals surface area contributed by atoms with Gasteiger partial charge < -0.3 is 19.8 Å². The van der Waals surface area contributed by atoms with E-state index >= 15 is 0 Å². The fraction of sp³-hybridized carbons (Fsp3) is 0.231. The molecule has 3 aromatic rings. The quantitative estimate of drug-likeness (QED) is 0.238. The molecule has 184 valence electrons. The van der Waals surface area contributed by atoms with Gasteiger partial charge in [0.1, 0.15) is 22.3 Å². The number of ether oxygens (including phenoxy) is 1. The van der Waals surface area contributed by atoms with Crippen molar-refractivity contribution < 1.29 is 18.7 Å². The van der Waals surface area contributed by atoms with Gasteiger partial charge in [-0.05, 0) is 36.6 Å². The van der Waals surface area contributed by atoms with Gasteiger partial charge in [-0.3, -0.25) is 9.59 Å². The Balaban J connectivity index is 0.00000342. The summed E-state index contributed by atoms with van der Waals surface area (Å²) in [5.74, 6) is 0.822. The molecule has 4 rings (SSSR count). The van der Waals surface area contributed by atoms with Gasteiger partial charge in [0.15, 0.2) is 0 Å². The van der Waals surface area contributed by atoms with E-state index in [9.17, 15) is 9.59 Å². The number of furan rings is 1. The summed E-state index contributed by atoms with van der Waals surface area (Å²) < 4.78 is 10.7. The number of benzene rings is 2. The summed E-state index contributed by atoms with van der Waals surface area (Å²) in [6.07, 6.45) is 2.16. The summed E-state index contributed by atoms with van der Waals surface area (Å²) in [6.45, 7) is 2.58. The fourth-order valence-electron chi connectivity index (χ4n) is 3.60. The third-order valence-corrected chi connectivity index (χ3v) is 6.96. The van der Waals surface area contributed by atoms with Crippen LogP contribution in [0, 0.1) is 0 Å². The minimum absolute atomic E-state index is 0. The number of thiol groups is 1. The molecular formula is C26H27ClN2O4S2. The molecule has 2 N–H and O–H groups in total. The van der Waals surface area contributed by atoms with Crippen LogP contribution in [0.15, 0.2) is 76.1 Å². The highest BCUT2D eigenvalue weighted by molar-refractivity contribution is 8.14. The van der Waals surface area contributed by atoms with Crippen LogP contribution in [0.5, 0.6) is 0 Å². The summed E-state index contributed by atoms with van der Waals surface area (Å²) in [7, 11) is 0. The molecule has 1 aromatic heterocycles. The Morgan fingerprint density at radius 3 is 2.54 bits per heavy atom. The van der Waals surface area contributed by atoms with Gasteiger partial charge in [0.05, 0.1) is 11.5 Å². The van der Waals surface area contributed by atoms with Crippen LogP contribution in [0.1, 0.15) is 23.8 Å². The minimum Gasteiger partial charge on any atom is -0.465 e.